The third-order valence-electron chi connectivity index (χ3n) is 4.46. The van der Waals surface area contributed by atoms with Crippen LogP contribution >= 0.6 is 11.6 Å². The zero-order valence-electron chi connectivity index (χ0n) is 15.8. The van der Waals surface area contributed by atoms with E-state index in [9.17, 15) is 9.59 Å². The Kier molecular flexibility index (Phi) is 5.76. The largest absolute Gasteiger partial charge is 0.322 e. The number of aryl methyl sites for hydroxylation is 3. The van der Waals surface area contributed by atoms with E-state index in [1.807, 2.05) is 39.0 Å². The van der Waals surface area contributed by atoms with Gasteiger partial charge in [-0.15, -0.1) is 0 Å². The number of carbonyl (C=O) groups excluding carboxylic acids is 2. The summed E-state index contributed by atoms with van der Waals surface area (Å²) in [7, 11) is 0. The molecule has 0 radical (unpaired) electrons. The summed E-state index contributed by atoms with van der Waals surface area (Å²) in [5, 5.41) is 6.25. The molecule has 0 saturated carbocycles. The Balaban J connectivity index is 1.76. The van der Waals surface area contributed by atoms with Gasteiger partial charge in [0.05, 0.1) is 11.1 Å². The SMILES string of the molecule is Cc1ccc(NC(=O)c2cncc(C(=O)Nc3ccc(Cl)cc3C)c2)cc1C. The summed E-state index contributed by atoms with van der Waals surface area (Å²) in [6.45, 7) is 5.85. The minimum Gasteiger partial charge on any atom is -0.322 e. The molecule has 3 rings (SSSR count). The highest BCUT2D eigenvalue weighted by Gasteiger charge is 2.13. The summed E-state index contributed by atoms with van der Waals surface area (Å²) in [6.07, 6.45) is 2.86. The van der Waals surface area contributed by atoms with Crippen molar-refractivity contribution >= 4 is 34.8 Å². The number of hydrogen-bond acceptors (Lipinski definition) is 3. The number of pyridine rings is 1. The molecule has 5 nitrogen and oxygen atoms in total. The number of amides is 2. The van der Waals surface area contributed by atoms with Crippen molar-refractivity contribution in [1.29, 1.82) is 0 Å². The van der Waals surface area contributed by atoms with Gasteiger partial charge in [-0.2, -0.15) is 0 Å². The predicted octanol–water partition coefficient (Wildman–Crippen LogP) is 5.16. The van der Waals surface area contributed by atoms with Gasteiger partial charge in [0.2, 0.25) is 0 Å². The smallest absolute Gasteiger partial charge is 0.257 e. The summed E-state index contributed by atoms with van der Waals surface area (Å²) in [5.74, 6) is -0.674. The fourth-order valence-corrected chi connectivity index (χ4v) is 2.90. The number of rotatable bonds is 4. The van der Waals surface area contributed by atoms with Gasteiger partial charge >= 0.3 is 0 Å². The highest BCUT2D eigenvalue weighted by Crippen LogP contribution is 2.20. The molecule has 1 heterocycles. The van der Waals surface area contributed by atoms with E-state index in [1.54, 1.807) is 18.2 Å². The second kappa shape index (κ2) is 8.23. The van der Waals surface area contributed by atoms with E-state index >= 15 is 0 Å². The fraction of sp³-hybridized carbons (Fsp3) is 0.136. The average molecular weight is 394 g/mol. The molecule has 2 amide bonds. The summed E-state index contributed by atoms with van der Waals surface area (Å²) in [5.41, 5.74) is 5.02. The molecule has 0 aliphatic carbocycles. The number of aromatic nitrogens is 1. The minimum atomic E-state index is -0.348. The van der Waals surface area contributed by atoms with Crippen molar-refractivity contribution in [1.82, 2.24) is 4.98 Å². The van der Waals surface area contributed by atoms with Crippen LogP contribution in [0.1, 0.15) is 37.4 Å². The summed E-state index contributed by atoms with van der Waals surface area (Å²) < 4.78 is 0. The zero-order valence-corrected chi connectivity index (χ0v) is 16.6. The monoisotopic (exact) mass is 393 g/mol. The molecule has 2 aromatic carbocycles. The van der Waals surface area contributed by atoms with E-state index in [1.165, 1.54) is 18.5 Å². The van der Waals surface area contributed by atoms with Crippen LogP contribution in [0.4, 0.5) is 11.4 Å². The van der Waals surface area contributed by atoms with E-state index in [-0.39, 0.29) is 11.8 Å². The van der Waals surface area contributed by atoms with Crippen LogP contribution in [-0.2, 0) is 0 Å². The molecule has 0 atom stereocenters. The van der Waals surface area contributed by atoms with Crippen LogP contribution < -0.4 is 10.6 Å². The van der Waals surface area contributed by atoms with Crippen molar-refractivity contribution in [3.63, 3.8) is 0 Å². The first-order valence-corrected chi connectivity index (χ1v) is 9.12. The van der Waals surface area contributed by atoms with Gasteiger partial charge in [0.15, 0.2) is 0 Å². The minimum absolute atomic E-state index is 0.294. The maximum atomic E-state index is 12.6. The van der Waals surface area contributed by atoms with Crippen molar-refractivity contribution in [3.05, 3.63) is 87.7 Å². The van der Waals surface area contributed by atoms with E-state index in [2.05, 4.69) is 15.6 Å². The van der Waals surface area contributed by atoms with Crippen molar-refractivity contribution in [2.75, 3.05) is 10.6 Å². The van der Waals surface area contributed by atoms with Crippen LogP contribution in [0.15, 0.2) is 54.9 Å². The van der Waals surface area contributed by atoms with Crippen molar-refractivity contribution in [2.45, 2.75) is 20.8 Å². The quantitative estimate of drug-likeness (QED) is 0.642. The van der Waals surface area contributed by atoms with Crippen LogP contribution in [0, 0.1) is 20.8 Å². The van der Waals surface area contributed by atoms with E-state index in [4.69, 9.17) is 11.6 Å². The molecule has 1 aromatic heterocycles. The number of benzene rings is 2. The first-order chi connectivity index (χ1) is 13.3. The van der Waals surface area contributed by atoms with Crippen molar-refractivity contribution in [3.8, 4) is 0 Å². The Morgan fingerprint density at radius 3 is 2.11 bits per heavy atom. The molecule has 2 N–H and O–H groups in total. The van der Waals surface area contributed by atoms with Crippen LogP contribution in [0.2, 0.25) is 5.02 Å². The Labute approximate surface area is 168 Å². The second-order valence-corrected chi connectivity index (χ2v) is 7.07. The molecule has 142 valence electrons. The van der Waals surface area contributed by atoms with Crippen LogP contribution in [0.3, 0.4) is 0 Å². The molecule has 0 unspecified atom stereocenters. The van der Waals surface area contributed by atoms with Gasteiger partial charge in [-0.05, 0) is 73.9 Å². The Hall–Kier alpha value is -3.18. The molecule has 28 heavy (non-hydrogen) atoms. The van der Waals surface area contributed by atoms with Gasteiger partial charge in [0.1, 0.15) is 0 Å². The van der Waals surface area contributed by atoms with Gasteiger partial charge in [0.25, 0.3) is 11.8 Å². The highest BCUT2D eigenvalue weighted by atomic mass is 35.5. The van der Waals surface area contributed by atoms with Gasteiger partial charge in [-0.25, -0.2) is 0 Å². The number of nitrogens with one attached hydrogen (secondary N) is 2. The van der Waals surface area contributed by atoms with Crippen LogP contribution in [-0.4, -0.2) is 16.8 Å². The molecule has 3 aromatic rings. The standard InChI is InChI=1S/C22H20ClN3O2/c1-13-4-6-19(9-14(13)2)25-21(27)16-10-17(12-24-11-16)22(28)26-20-7-5-18(23)8-15(20)3/h4-12H,1-3H3,(H,25,27)(H,26,28). The maximum absolute atomic E-state index is 12.6. The third-order valence-corrected chi connectivity index (χ3v) is 4.70. The first-order valence-electron chi connectivity index (χ1n) is 8.74. The van der Waals surface area contributed by atoms with E-state index < -0.39 is 0 Å². The molecular formula is C22H20ClN3O2. The Morgan fingerprint density at radius 2 is 1.46 bits per heavy atom. The van der Waals surface area contributed by atoms with Crippen molar-refractivity contribution in [2.24, 2.45) is 0 Å². The highest BCUT2D eigenvalue weighted by molar-refractivity contribution is 6.30. The average Bonchev–Trinajstić information content (AvgIpc) is 2.67. The first kappa shape index (κ1) is 19.6. The summed E-state index contributed by atoms with van der Waals surface area (Å²) in [4.78, 5) is 29.1. The molecule has 6 heteroatoms. The predicted molar refractivity (Wildman–Crippen MR) is 112 cm³/mol. The van der Waals surface area contributed by atoms with Gasteiger partial charge in [0, 0.05) is 28.8 Å². The summed E-state index contributed by atoms with van der Waals surface area (Å²) >= 11 is 5.94. The topological polar surface area (TPSA) is 71.1 Å². The number of hydrogen-bond donors (Lipinski definition) is 2. The lowest BCUT2D eigenvalue weighted by Gasteiger charge is -2.10. The van der Waals surface area contributed by atoms with Crippen molar-refractivity contribution < 1.29 is 9.59 Å². The summed E-state index contributed by atoms with van der Waals surface area (Å²) in [6, 6.07) is 12.4. The lowest BCUT2D eigenvalue weighted by atomic mass is 10.1. The zero-order chi connectivity index (χ0) is 20.3. The van der Waals surface area contributed by atoms with E-state index in [0.29, 0.717) is 27.5 Å². The van der Waals surface area contributed by atoms with E-state index in [0.717, 1.165) is 16.7 Å². The lowest BCUT2D eigenvalue weighted by Crippen LogP contribution is -2.16. The second-order valence-electron chi connectivity index (χ2n) is 6.63. The van der Waals surface area contributed by atoms with Crippen LogP contribution in [0.25, 0.3) is 0 Å². The van der Waals surface area contributed by atoms with Crippen LogP contribution in [0.5, 0.6) is 0 Å². The number of carbonyl (C=O) groups is 2. The lowest BCUT2D eigenvalue weighted by molar-refractivity contribution is 0.102. The molecule has 0 fully saturated rings. The molecule has 0 spiro atoms. The number of anilines is 2. The number of halogens is 1. The molecular weight excluding hydrogens is 374 g/mol. The fourth-order valence-electron chi connectivity index (χ4n) is 2.67. The molecule has 0 aliphatic rings. The Bertz CT molecular complexity index is 1060. The van der Waals surface area contributed by atoms with Gasteiger partial charge < -0.3 is 10.6 Å². The molecule has 0 aliphatic heterocycles. The molecule has 0 bridgehead atoms. The van der Waals surface area contributed by atoms with Gasteiger partial charge in [-0.3, -0.25) is 14.6 Å². The normalized spacial score (nSPS) is 10.4. The number of nitrogens with zero attached hydrogens (tertiary/aromatic N) is 1. The maximum Gasteiger partial charge on any atom is 0.257 e. The Morgan fingerprint density at radius 1 is 0.786 bits per heavy atom. The molecule has 0 saturated heterocycles. The third kappa shape index (κ3) is 4.56. The van der Waals surface area contributed by atoms with Gasteiger partial charge in [-0.1, -0.05) is 17.7 Å².